The van der Waals surface area contributed by atoms with E-state index >= 15 is 0 Å². The average Bonchev–Trinajstić information content (AvgIpc) is 3.19. The van der Waals surface area contributed by atoms with Gasteiger partial charge in [-0.2, -0.15) is 0 Å². The van der Waals surface area contributed by atoms with Gasteiger partial charge in [-0.15, -0.1) is 0 Å². The van der Waals surface area contributed by atoms with E-state index in [4.69, 9.17) is 9.47 Å². The smallest absolute Gasteiger partial charge is 0.414 e. The van der Waals surface area contributed by atoms with Crippen LogP contribution in [0.1, 0.15) is 48.5 Å². The first-order valence-electron chi connectivity index (χ1n) is 10.6. The summed E-state index contributed by atoms with van der Waals surface area (Å²) < 4.78 is 11.1. The number of hydrogen-bond acceptors (Lipinski definition) is 4. The van der Waals surface area contributed by atoms with Crippen LogP contribution in [0.5, 0.6) is 0 Å². The Labute approximate surface area is 177 Å². The summed E-state index contributed by atoms with van der Waals surface area (Å²) in [6, 6.07) is 14.8. The molecule has 0 radical (unpaired) electrons. The number of anilines is 2. The summed E-state index contributed by atoms with van der Waals surface area (Å²) in [5.74, 6) is 0.510. The molecular weight excluding hydrogens is 380 g/mol. The van der Waals surface area contributed by atoms with Gasteiger partial charge in [0, 0.05) is 16.9 Å². The highest BCUT2D eigenvalue weighted by atomic mass is 16.6. The maximum atomic E-state index is 12.7. The standard InChI is InChI=1S/C24H28N2O4/c1-17-5-2-10-22(13-17)30-16-18-6-3-8-20(14-18)25-23(27)19-7-4-9-21(15-19)26-11-12-29-24(26)28/h3-4,6-9,14-15,17,22H,2,5,10-13,16H2,1H3,(H,25,27). The molecule has 2 aliphatic rings. The molecular formula is C24H28N2O4. The Morgan fingerprint density at radius 2 is 2.07 bits per heavy atom. The molecule has 1 saturated carbocycles. The number of nitrogens with zero attached hydrogens (tertiary/aromatic N) is 1. The Morgan fingerprint density at radius 3 is 2.87 bits per heavy atom. The molecule has 2 aromatic carbocycles. The highest BCUT2D eigenvalue weighted by molar-refractivity contribution is 6.05. The highest BCUT2D eigenvalue weighted by Gasteiger charge is 2.24. The van der Waals surface area contributed by atoms with Crippen molar-refractivity contribution < 1.29 is 19.1 Å². The summed E-state index contributed by atoms with van der Waals surface area (Å²) in [6.07, 6.45) is 4.72. The van der Waals surface area contributed by atoms with E-state index in [-0.39, 0.29) is 12.0 Å². The minimum absolute atomic E-state index is 0.219. The Kier molecular flexibility index (Phi) is 6.33. The van der Waals surface area contributed by atoms with Crippen molar-refractivity contribution in [3.05, 3.63) is 59.7 Å². The van der Waals surface area contributed by atoms with Crippen molar-refractivity contribution in [1.29, 1.82) is 0 Å². The fraction of sp³-hybridized carbons (Fsp3) is 0.417. The van der Waals surface area contributed by atoms with Crippen molar-refractivity contribution in [1.82, 2.24) is 0 Å². The quantitative estimate of drug-likeness (QED) is 0.731. The first kappa shape index (κ1) is 20.4. The van der Waals surface area contributed by atoms with E-state index in [9.17, 15) is 9.59 Å². The van der Waals surface area contributed by atoms with Gasteiger partial charge in [-0.3, -0.25) is 9.69 Å². The number of hydrogen-bond donors (Lipinski definition) is 1. The molecule has 2 unspecified atom stereocenters. The Balaban J connectivity index is 1.38. The first-order chi connectivity index (χ1) is 14.6. The van der Waals surface area contributed by atoms with Crippen molar-refractivity contribution in [3.8, 4) is 0 Å². The molecule has 158 valence electrons. The molecule has 6 heteroatoms. The fourth-order valence-corrected chi connectivity index (χ4v) is 4.13. The number of carbonyl (C=O) groups excluding carboxylic acids is 2. The molecule has 0 bridgehead atoms. The van der Waals surface area contributed by atoms with Crippen LogP contribution in [0.15, 0.2) is 48.5 Å². The zero-order valence-electron chi connectivity index (χ0n) is 17.3. The molecule has 1 aliphatic heterocycles. The SMILES string of the molecule is CC1CCCC(OCc2cccc(NC(=O)c3cccc(N4CCOC4=O)c3)c2)C1. The van der Waals surface area contributed by atoms with Crippen LogP contribution in [0.25, 0.3) is 0 Å². The van der Waals surface area contributed by atoms with Gasteiger partial charge in [-0.25, -0.2) is 4.79 Å². The van der Waals surface area contributed by atoms with Crippen LogP contribution in [-0.4, -0.2) is 31.3 Å². The zero-order chi connectivity index (χ0) is 20.9. The molecule has 1 saturated heterocycles. The van der Waals surface area contributed by atoms with E-state index in [1.54, 1.807) is 24.3 Å². The molecule has 1 aliphatic carbocycles. The number of carbonyl (C=O) groups is 2. The molecule has 2 fully saturated rings. The predicted octanol–water partition coefficient (Wildman–Crippen LogP) is 4.99. The third-order valence-corrected chi connectivity index (χ3v) is 5.74. The lowest BCUT2D eigenvalue weighted by Gasteiger charge is -2.26. The van der Waals surface area contributed by atoms with Gasteiger partial charge in [-0.1, -0.05) is 38.0 Å². The van der Waals surface area contributed by atoms with Gasteiger partial charge in [0.25, 0.3) is 5.91 Å². The number of benzene rings is 2. The van der Waals surface area contributed by atoms with E-state index < -0.39 is 0 Å². The van der Waals surface area contributed by atoms with Crippen LogP contribution in [0, 0.1) is 5.92 Å². The van der Waals surface area contributed by atoms with Crippen LogP contribution in [0.2, 0.25) is 0 Å². The summed E-state index contributed by atoms with van der Waals surface area (Å²) in [6.45, 7) is 3.69. The molecule has 2 amide bonds. The average molecular weight is 408 g/mol. The largest absolute Gasteiger partial charge is 0.447 e. The van der Waals surface area contributed by atoms with E-state index in [1.807, 2.05) is 24.3 Å². The zero-order valence-corrected chi connectivity index (χ0v) is 17.3. The van der Waals surface area contributed by atoms with Gasteiger partial charge in [0.1, 0.15) is 6.61 Å². The maximum absolute atomic E-state index is 12.7. The Morgan fingerprint density at radius 1 is 1.20 bits per heavy atom. The summed E-state index contributed by atoms with van der Waals surface area (Å²) in [4.78, 5) is 26.0. The van der Waals surface area contributed by atoms with Crippen LogP contribution >= 0.6 is 0 Å². The lowest BCUT2D eigenvalue weighted by atomic mass is 9.89. The van der Waals surface area contributed by atoms with Crippen molar-refractivity contribution in [2.75, 3.05) is 23.4 Å². The summed E-state index contributed by atoms with van der Waals surface area (Å²) in [7, 11) is 0. The minimum atomic E-state index is -0.382. The minimum Gasteiger partial charge on any atom is -0.447 e. The summed E-state index contributed by atoms with van der Waals surface area (Å²) in [5, 5.41) is 2.94. The lowest BCUT2D eigenvalue weighted by Crippen LogP contribution is -2.23. The van der Waals surface area contributed by atoms with Gasteiger partial charge >= 0.3 is 6.09 Å². The predicted molar refractivity (Wildman–Crippen MR) is 116 cm³/mol. The van der Waals surface area contributed by atoms with E-state index in [0.717, 1.165) is 30.0 Å². The lowest BCUT2D eigenvalue weighted by molar-refractivity contribution is 0.00468. The van der Waals surface area contributed by atoms with Gasteiger partial charge in [-0.05, 0) is 54.7 Å². The molecule has 4 rings (SSSR count). The molecule has 0 spiro atoms. The van der Waals surface area contributed by atoms with Crippen molar-refractivity contribution in [3.63, 3.8) is 0 Å². The monoisotopic (exact) mass is 408 g/mol. The molecule has 0 aromatic heterocycles. The molecule has 2 atom stereocenters. The van der Waals surface area contributed by atoms with Crippen LogP contribution < -0.4 is 10.2 Å². The van der Waals surface area contributed by atoms with Crippen molar-refractivity contribution in [2.45, 2.75) is 45.3 Å². The van der Waals surface area contributed by atoms with Crippen LogP contribution in [-0.2, 0) is 16.1 Å². The van der Waals surface area contributed by atoms with E-state index in [0.29, 0.717) is 37.1 Å². The second-order valence-electron chi connectivity index (χ2n) is 8.18. The van der Waals surface area contributed by atoms with Gasteiger partial charge in [0.2, 0.25) is 0 Å². The van der Waals surface area contributed by atoms with Gasteiger partial charge < -0.3 is 14.8 Å². The first-order valence-corrected chi connectivity index (χ1v) is 10.6. The Hall–Kier alpha value is -2.86. The van der Waals surface area contributed by atoms with Gasteiger partial charge in [0.05, 0.1) is 19.3 Å². The number of cyclic esters (lactones) is 1. The molecule has 1 heterocycles. The number of ether oxygens (including phenoxy) is 2. The topological polar surface area (TPSA) is 67.9 Å². The molecule has 2 aromatic rings. The maximum Gasteiger partial charge on any atom is 0.414 e. The normalized spacial score (nSPS) is 21.4. The number of amides is 2. The molecule has 30 heavy (non-hydrogen) atoms. The number of rotatable bonds is 6. The van der Waals surface area contributed by atoms with Crippen molar-refractivity contribution in [2.24, 2.45) is 5.92 Å². The van der Waals surface area contributed by atoms with E-state index in [2.05, 4.69) is 12.2 Å². The molecule has 1 N–H and O–H groups in total. The van der Waals surface area contributed by atoms with Crippen molar-refractivity contribution >= 4 is 23.4 Å². The van der Waals surface area contributed by atoms with Crippen LogP contribution in [0.4, 0.5) is 16.2 Å². The second kappa shape index (κ2) is 9.30. The fourth-order valence-electron chi connectivity index (χ4n) is 4.13. The van der Waals surface area contributed by atoms with Crippen LogP contribution in [0.3, 0.4) is 0 Å². The third kappa shape index (κ3) is 5.00. The third-order valence-electron chi connectivity index (χ3n) is 5.74. The Bertz CT molecular complexity index is 914. The van der Waals surface area contributed by atoms with E-state index in [1.165, 1.54) is 17.7 Å². The number of nitrogens with one attached hydrogen (secondary N) is 1. The molecule has 6 nitrogen and oxygen atoms in total. The van der Waals surface area contributed by atoms with Gasteiger partial charge in [0.15, 0.2) is 0 Å². The summed E-state index contributed by atoms with van der Waals surface area (Å²) >= 11 is 0. The second-order valence-corrected chi connectivity index (χ2v) is 8.18. The summed E-state index contributed by atoms with van der Waals surface area (Å²) in [5.41, 5.74) is 2.92. The highest BCUT2D eigenvalue weighted by Crippen LogP contribution is 2.27.